The summed E-state index contributed by atoms with van der Waals surface area (Å²) in [5, 5.41) is 6.14. The van der Waals surface area contributed by atoms with Crippen LogP contribution in [0.3, 0.4) is 0 Å². The molecule has 3 amide bonds. The highest BCUT2D eigenvalue weighted by atomic mass is 16.5. The lowest BCUT2D eigenvalue weighted by atomic mass is 9.75. The molecule has 0 aliphatic carbocycles. The van der Waals surface area contributed by atoms with Crippen LogP contribution in [-0.2, 0) is 14.4 Å². The largest absolute Gasteiger partial charge is 0.497 e. The fraction of sp³-hybridized carbons (Fsp3) is 0.423. The molecule has 2 saturated heterocycles. The number of likely N-dealkylation sites (tertiary alicyclic amines) is 2. The van der Waals surface area contributed by atoms with Gasteiger partial charge in [0.25, 0.3) is 0 Å². The number of piperidine rings is 1. The number of hydrogen-bond acceptors (Lipinski definition) is 5. The van der Waals surface area contributed by atoms with Gasteiger partial charge < -0.3 is 20.3 Å². The van der Waals surface area contributed by atoms with Crippen LogP contribution in [0.15, 0.2) is 54.6 Å². The van der Waals surface area contributed by atoms with Crippen molar-refractivity contribution in [2.24, 2.45) is 5.92 Å². The number of anilines is 1. The van der Waals surface area contributed by atoms with Crippen molar-refractivity contribution in [3.8, 4) is 5.75 Å². The van der Waals surface area contributed by atoms with E-state index in [1.165, 1.54) is 6.92 Å². The average molecular weight is 465 g/mol. The summed E-state index contributed by atoms with van der Waals surface area (Å²) in [5.41, 5.74) is 1.24. The SMILES string of the molecule is COc1ccc(NC(=O)CN2CC[C@@]3(NC(C)=O)CN(C(C)=O)[C@H](c4ccccc4)[C@H]3C2)cc1. The lowest BCUT2D eigenvalue weighted by Crippen LogP contribution is -2.61. The van der Waals surface area contributed by atoms with Gasteiger partial charge in [-0.15, -0.1) is 0 Å². The van der Waals surface area contributed by atoms with Crippen LogP contribution in [0, 0.1) is 5.92 Å². The summed E-state index contributed by atoms with van der Waals surface area (Å²) in [6.07, 6.45) is 0.667. The van der Waals surface area contributed by atoms with Crippen molar-refractivity contribution in [3.05, 3.63) is 60.2 Å². The minimum Gasteiger partial charge on any atom is -0.497 e. The van der Waals surface area contributed by atoms with Gasteiger partial charge in [0.05, 0.1) is 25.2 Å². The Morgan fingerprint density at radius 2 is 1.76 bits per heavy atom. The molecule has 8 nitrogen and oxygen atoms in total. The molecule has 2 aromatic carbocycles. The van der Waals surface area contributed by atoms with Crippen LogP contribution in [0.1, 0.15) is 31.9 Å². The fourth-order valence-corrected chi connectivity index (χ4v) is 5.44. The molecule has 2 N–H and O–H groups in total. The van der Waals surface area contributed by atoms with Gasteiger partial charge >= 0.3 is 0 Å². The monoisotopic (exact) mass is 464 g/mol. The van der Waals surface area contributed by atoms with Gasteiger partial charge in [-0.1, -0.05) is 30.3 Å². The first-order valence-electron chi connectivity index (χ1n) is 11.6. The third kappa shape index (κ3) is 4.92. The topological polar surface area (TPSA) is 91.0 Å². The zero-order chi connectivity index (χ0) is 24.3. The summed E-state index contributed by atoms with van der Waals surface area (Å²) in [7, 11) is 1.60. The number of hydrogen-bond donors (Lipinski definition) is 2. The summed E-state index contributed by atoms with van der Waals surface area (Å²) >= 11 is 0. The van der Waals surface area contributed by atoms with Gasteiger partial charge in [-0.3, -0.25) is 19.3 Å². The summed E-state index contributed by atoms with van der Waals surface area (Å²) < 4.78 is 5.17. The highest BCUT2D eigenvalue weighted by Crippen LogP contribution is 2.47. The third-order valence-electron chi connectivity index (χ3n) is 6.92. The molecule has 34 heavy (non-hydrogen) atoms. The molecular weight excluding hydrogens is 432 g/mol. The molecule has 0 unspecified atom stereocenters. The van der Waals surface area contributed by atoms with E-state index >= 15 is 0 Å². The van der Waals surface area contributed by atoms with Crippen molar-refractivity contribution >= 4 is 23.4 Å². The molecule has 0 saturated carbocycles. The maximum atomic E-state index is 12.8. The Balaban J connectivity index is 1.54. The van der Waals surface area contributed by atoms with Crippen LogP contribution < -0.4 is 15.4 Å². The maximum Gasteiger partial charge on any atom is 0.238 e. The number of rotatable bonds is 6. The molecule has 2 aliphatic heterocycles. The van der Waals surface area contributed by atoms with Crippen LogP contribution in [0.2, 0.25) is 0 Å². The molecule has 0 spiro atoms. The van der Waals surface area contributed by atoms with E-state index in [2.05, 4.69) is 15.5 Å². The number of benzene rings is 2. The van der Waals surface area contributed by atoms with Gasteiger partial charge in [0.2, 0.25) is 17.7 Å². The standard InChI is InChI=1S/C26H32N4O4/c1-18(31)28-26-13-14-29(16-24(33)27-21-9-11-22(34-3)12-10-21)15-23(26)25(30(17-26)19(2)32)20-7-5-4-6-8-20/h4-12,23,25H,13-17H2,1-3H3,(H,27,33)(H,28,31)/t23-,25-,26-/m1/s1. The van der Waals surface area contributed by atoms with Crippen LogP contribution >= 0.6 is 0 Å². The van der Waals surface area contributed by atoms with Crippen molar-refractivity contribution in [2.75, 3.05) is 38.6 Å². The lowest BCUT2D eigenvalue weighted by Gasteiger charge is -2.44. The summed E-state index contributed by atoms with van der Waals surface area (Å²) in [6, 6.07) is 17.0. The molecule has 8 heteroatoms. The maximum absolute atomic E-state index is 12.8. The van der Waals surface area contributed by atoms with Gasteiger partial charge in [0.15, 0.2) is 0 Å². The van der Waals surface area contributed by atoms with Gasteiger partial charge in [-0.05, 0) is 36.2 Å². The number of amides is 3. The van der Waals surface area contributed by atoms with Gasteiger partial charge in [-0.2, -0.15) is 0 Å². The predicted octanol–water partition coefficient (Wildman–Crippen LogP) is 2.43. The average Bonchev–Trinajstić information content (AvgIpc) is 3.14. The second-order valence-corrected chi connectivity index (χ2v) is 9.21. The Morgan fingerprint density at radius 1 is 1.06 bits per heavy atom. The van der Waals surface area contributed by atoms with Gasteiger partial charge in [-0.25, -0.2) is 0 Å². The van der Waals surface area contributed by atoms with Crippen molar-refractivity contribution in [2.45, 2.75) is 31.8 Å². The van der Waals surface area contributed by atoms with Crippen LogP contribution in [0.5, 0.6) is 5.75 Å². The van der Waals surface area contributed by atoms with Crippen molar-refractivity contribution in [3.63, 3.8) is 0 Å². The molecule has 2 aliphatic rings. The second kappa shape index (κ2) is 9.85. The first-order chi connectivity index (χ1) is 16.3. The van der Waals surface area contributed by atoms with Crippen molar-refractivity contribution in [1.82, 2.24) is 15.1 Å². The quantitative estimate of drug-likeness (QED) is 0.685. The molecule has 0 aromatic heterocycles. The molecule has 4 rings (SSSR count). The van der Waals surface area contributed by atoms with Crippen LogP contribution in [0.4, 0.5) is 5.69 Å². The van der Waals surface area contributed by atoms with Gasteiger partial charge in [0, 0.05) is 45.1 Å². The molecule has 2 aromatic rings. The van der Waals surface area contributed by atoms with E-state index in [9.17, 15) is 14.4 Å². The molecular formula is C26H32N4O4. The smallest absolute Gasteiger partial charge is 0.238 e. The predicted molar refractivity (Wildman–Crippen MR) is 129 cm³/mol. The highest BCUT2D eigenvalue weighted by molar-refractivity contribution is 5.92. The number of ether oxygens (including phenoxy) is 1. The molecule has 3 atom stereocenters. The van der Waals surface area contributed by atoms with Gasteiger partial charge in [0.1, 0.15) is 5.75 Å². The Bertz CT molecular complexity index is 1040. The summed E-state index contributed by atoms with van der Waals surface area (Å²) in [6.45, 7) is 5.06. The Labute approximate surface area is 200 Å². The zero-order valence-electron chi connectivity index (χ0n) is 19.9. The Morgan fingerprint density at radius 3 is 2.38 bits per heavy atom. The Hall–Kier alpha value is -3.39. The normalized spacial score (nSPS) is 24.3. The minimum absolute atomic E-state index is 0.0169. The highest BCUT2D eigenvalue weighted by Gasteiger charge is 2.56. The van der Waals surface area contributed by atoms with E-state index in [1.807, 2.05) is 47.4 Å². The van der Waals surface area contributed by atoms with E-state index in [-0.39, 0.29) is 36.2 Å². The first-order valence-corrected chi connectivity index (χ1v) is 11.6. The van der Waals surface area contributed by atoms with Crippen molar-refractivity contribution < 1.29 is 19.1 Å². The van der Waals surface area contributed by atoms with E-state index in [0.717, 1.165) is 11.3 Å². The van der Waals surface area contributed by atoms with E-state index in [1.54, 1.807) is 26.2 Å². The van der Waals surface area contributed by atoms with Crippen LogP contribution in [-0.4, -0.2) is 66.3 Å². The number of carbonyl (C=O) groups excluding carboxylic acids is 3. The molecule has 2 heterocycles. The number of methoxy groups -OCH3 is 1. The molecule has 0 bridgehead atoms. The van der Waals surface area contributed by atoms with E-state index in [4.69, 9.17) is 4.74 Å². The third-order valence-corrected chi connectivity index (χ3v) is 6.92. The number of fused-ring (bicyclic) bond motifs is 1. The second-order valence-electron chi connectivity index (χ2n) is 9.21. The number of carbonyl (C=O) groups is 3. The first kappa shape index (κ1) is 23.8. The van der Waals surface area contributed by atoms with Crippen molar-refractivity contribution in [1.29, 1.82) is 0 Å². The Kier molecular flexibility index (Phi) is 6.88. The molecule has 2 fully saturated rings. The fourth-order valence-electron chi connectivity index (χ4n) is 5.44. The summed E-state index contributed by atoms with van der Waals surface area (Å²) in [4.78, 5) is 41.6. The zero-order valence-corrected chi connectivity index (χ0v) is 19.9. The summed E-state index contributed by atoms with van der Waals surface area (Å²) in [5.74, 6) is 0.469. The van der Waals surface area contributed by atoms with Crippen LogP contribution in [0.25, 0.3) is 0 Å². The number of nitrogens with zero attached hydrogens (tertiary/aromatic N) is 2. The van der Waals surface area contributed by atoms with E-state index < -0.39 is 5.54 Å². The molecule has 180 valence electrons. The number of nitrogens with one attached hydrogen (secondary N) is 2. The van der Waals surface area contributed by atoms with E-state index in [0.29, 0.717) is 31.7 Å². The lowest BCUT2D eigenvalue weighted by molar-refractivity contribution is -0.130. The minimum atomic E-state index is -0.513. The molecule has 0 radical (unpaired) electrons.